The minimum absolute atomic E-state index is 0.0451. The summed E-state index contributed by atoms with van der Waals surface area (Å²) in [6.45, 7) is -3.09. The van der Waals surface area contributed by atoms with Crippen molar-refractivity contribution < 1.29 is 23.0 Å². The van der Waals surface area contributed by atoms with Crippen molar-refractivity contribution in [2.45, 2.75) is 6.61 Å². The van der Waals surface area contributed by atoms with Gasteiger partial charge in [-0.25, -0.2) is 10.5 Å². The fourth-order valence-electron chi connectivity index (χ4n) is 1.70. The summed E-state index contributed by atoms with van der Waals surface area (Å²) in [7, 11) is 1.46. The SMILES string of the molecule is COc1ccnc(OC/C(=C/Nc2ccc(Cl)c(OC(F)F)c2)N=N)n1. The molecular formula is C15H14ClF2N5O3. The molecule has 1 aromatic heterocycles. The van der Waals surface area contributed by atoms with Crippen LogP contribution in [0, 0.1) is 5.53 Å². The van der Waals surface area contributed by atoms with Crippen LogP contribution in [0.4, 0.5) is 14.5 Å². The number of benzene rings is 1. The Morgan fingerprint density at radius 3 is 2.92 bits per heavy atom. The molecule has 0 amide bonds. The molecule has 0 aliphatic rings. The molecule has 0 radical (unpaired) electrons. The van der Waals surface area contributed by atoms with Gasteiger partial charge in [-0.2, -0.15) is 18.9 Å². The van der Waals surface area contributed by atoms with Gasteiger partial charge in [0.15, 0.2) is 0 Å². The molecule has 2 N–H and O–H groups in total. The van der Waals surface area contributed by atoms with E-state index >= 15 is 0 Å². The monoisotopic (exact) mass is 385 g/mol. The summed E-state index contributed by atoms with van der Waals surface area (Å²) >= 11 is 5.78. The Morgan fingerprint density at radius 2 is 2.23 bits per heavy atom. The predicted molar refractivity (Wildman–Crippen MR) is 89.0 cm³/mol. The van der Waals surface area contributed by atoms with Crippen LogP contribution in [0.2, 0.25) is 5.02 Å². The highest BCUT2D eigenvalue weighted by molar-refractivity contribution is 6.32. The highest BCUT2D eigenvalue weighted by atomic mass is 35.5. The Labute approximate surface area is 152 Å². The molecule has 26 heavy (non-hydrogen) atoms. The second-order valence-corrected chi connectivity index (χ2v) is 4.99. The van der Waals surface area contributed by atoms with Gasteiger partial charge in [-0.1, -0.05) is 11.6 Å². The van der Waals surface area contributed by atoms with Gasteiger partial charge < -0.3 is 19.5 Å². The van der Waals surface area contributed by atoms with E-state index < -0.39 is 6.61 Å². The molecule has 0 saturated carbocycles. The molecule has 138 valence electrons. The second-order valence-electron chi connectivity index (χ2n) is 4.59. The van der Waals surface area contributed by atoms with Gasteiger partial charge in [0.1, 0.15) is 18.1 Å². The maximum absolute atomic E-state index is 12.3. The number of rotatable bonds is 9. The zero-order valence-electron chi connectivity index (χ0n) is 13.4. The molecule has 2 rings (SSSR count). The summed E-state index contributed by atoms with van der Waals surface area (Å²) in [6.07, 6.45) is 2.82. The molecular weight excluding hydrogens is 372 g/mol. The van der Waals surface area contributed by atoms with Crippen molar-refractivity contribution in [1.29, 1.82) is 5.53 Å². The topological polar surface area (TPSA) is 102 Å². The van der Waals surface area contributed by atoms with E-state index in [2.05, 4.69) is 25.1 Å². The first-order valence-electron chi connectivity index (χ1n) is 7.09. The van der Waals surface area contributed by atoms with Gasteiger partial charge in [-0.3, -0.25) is 0 Å². The number of halogens is 3. The van der Waals surface area contributed by atoms with E-state index in [0.29, 0.717) is 11.6 Å². The zero-order valence-corrected chi connectivity index (χ0v) is 14.2. The van der Waals surface area contributed by atoms with Gasteiger partial charge >= 0.3 is 12.6 Å². The van der Waals surface area contributed by atoms with Crippen LogP contribution < -0.4 is 19.5 Å². The molecule has 1 heterocycles. The number of nitrogens with one attached hydrogen (secondary N) is 2. The van der Waals surface area contributed by atoms with E-state index in [1.807, 2.05) is 0 Å². The lowest BCUT2D eigenvalue weighted by Crippen LogP contribution is -2.05. The summed E-state index contributed by atoms with van der Waals surface area (Å²) in [5.41, 5.74) is 7.77. The Balaban J connectivity index is 2.01. The van der Waals surface area contributed by atoms with E-state index in [9.17, 15) is 8.78 Å². The van der Waals surface area contributed by atoms with Crippen LogP contribution in [0.1, 0.15) is 0 Å². The standard InChI is InChI=1S/C15H14ClF2N5O3/c1-24-13-4-5-20-15(22-13)25-8-10(23-19)7-21-9-2-3-11(16)12(6-9)26-14(17)18/h2-7,14,19,21H,8H2,1H3/b10-7-,23-19?. The van der Waals surface area contributed by atoms with Crippen molar-refractivity contribution in [3.05, 3.63) is 47.4 Å². The van der Waals surface area contributed by atoms with Crippen LogP contribution in [0.5, 0.6) is 17.6 Å². The van der Waals surface area contributed by atoms with E-state index in [1.165, 1.54) is 31.6 Å². The van der Waals surface area contributed by atoms with Gasteiger partial charge in [0.05, 0.1) is 12.1 Å². The first kappa shape index (κ1) is 19.3. The smallest absolute Gasteiger partial charge is 0.387 e. The molecule has 1 aromatic carbocycles. The summed E-state index contributed by atoms with van der Waals surface area (Å²) in [5.74, 6) is 0.152. The molecule has 11 heteroatoms. The fraction of sp³-hybridized carbons (Fsp3) is 0.200. The third-order valence-electron chi connectivity index (χ3n) is 2.86. The molecule has 0 atom stereocenters. The average Bonchev–Trinajstić information content (AvgIpc) is 2.64. The van der Waals surface area contributed by atoms with Crippen LogP contribution in [-0.4, -0.2) is 30.3 Å². The number of methoxy groups -OCH3 is 1. The van der Waals surface area contributed by atoms with E-state index in [1.54, 1.807) is 12.1 Å². The molecule has 8 nitrogen and oxygen atoms in total. The lowest BCUT2D eigenvalue weighted by Gasteiger charge is -2.09. The molecule has 0 aliphatic heterocycles. The number of anilines is 1. The third-order valence-corrected chi connectivity index (χ3v) is 3.17. The largest absolute Gasteiger partial charge is 0.481 e. The Hall–Kier alpha value is -3.01. The van der Waals surface area contributed by atoms with E-state index in [4.69, 9.17) is 26.6 Å². The number of hydrogen-bond acceptors (Lipinski definition) is 8. The minimum Gasteiger partial charge on any atom is -0.481 e. The number of alkyl halides is 2. The van der Waals surface area contributed by atoms with E-state index in [-0.39, 0.29) is 29.1 Å². The summed E-state index contributed by atoms with van der Waals surface area (Å²) in [4.78, 5) is 7.85. The van der Waals surface area contributed by atoms with Crippen molar-refractivity contribution in [3.8, 4) is 17.6 Å². The third kappa shape index (κ3) is 5.81. The molecule has 0 unspecified atom stereocenters. The predicted octanol–water partition coefficient (Wildman–Crippen LogP) is 4.10. The van der Waals surface area contributed by atoms with Crippen LogP contribution >= 0.6 is 11.6 Å². The summed E-state index contributed by atoms with van der Waals surface area (Å²) in [5, 5.41) is 6.14. The van der Waals surface area contributed by atoms with Crippen LogP contribution in [0.25, 0.3) is 0 Å². The lowest BCUT2D eigenvalue weighted by molar-refractivity contribution is -0.0497. The average molecular weight is 386 g/mol. The maximum atomic E-state index is 12.3. The number of nitrogens with zero attached hydrogens (tertiary/aromatic N) is 3. The highest BCUT2D eigenvalue weighted by Crippen LogP contribution is 2.29. The van der Waals surface area contributed by atoms with Crippen molar-refractivity contribution >= 4 is 17.3 Å². The molecule has 0 aliphatic carbocycles. The van der Waals surface area contributed by atoms with Crippen LogP contribution in [0.3, 0.4) is 0 Å². The fourth-order valence-corrected chi connectivity index (χ4v) is 1.86. The van der Waals surface area contributed by atoms with Crippen molar-refractivity contribution in [3.63, 3.8) is 0 Å². The summed E-state index contributed by atoms with van der Waals surface area (Å²) in [6, 6.07) is 5.84. The van der Waals surface area contributed by atoms with Crippen molar-refractivity contribution in [2.75, 3.05) is 19.0 Å². The normalized spacial score (nSPS) is 11.2. The number of aromatic nitrogens is 2. The number of hydrogen-bond donors (Lipinski definition) is 2. The van der Waals surface area contributed by atoms with Gasteiger partial charge in [-0.15, -0.1) is 0 Å². The van der Waals surface area contributed by atoms with Crippen molar-refractivity contribution in [2.24, 2.45) is 5.11 Å². The minimum atomic E-state index is -2.99. The van der Waals surface area contributed by atoms with Crippen molar-refractivity contribution in [1.82, 2.24) is 9.97 Å². The summed E-state index contributed by atoms with van der Waals surface area (Å²) < 4.78 is 39.2. The highest BCUT2D eigenvalue weighted by Gasteiger charge is 2.09. The quantitative estimate of drug-likeness (QED) is 0.630. The van der Waals surface area contributed by atoms with Crippen LogP contribution in [0.15, 0.2) is 47.5 Å². The first-order valence-corrected chi connectivity index (χ1v) is 7.47. The van der Waals surface area contributed by atoms with E-state index in [0.717, 1.165) is 0 Å². The van der Waals surface area contributed by atoms with Gasteiger partial charge in [0, 0.05) is 30.2 Å². The first-order chi connectivity index (χ1) is 12.5. The molecule has 0 bridgehead atoms. The maximum Gasteiger partial charge on any atom is 0.387 e. The number of ether oxygens (including phenoxy) is 3. The zero-order chi connectivity index (χ0) is 18.9. The second kappa shape index (κ2) is 9.47. The van der Waals surface area contributed by atoms with Crippen LogP contribution in [-0.2, 0) is 0 Å². The Morgan fingerprint density at radius 1 is 1.42 bits per heavy atom. The van der Waals surface area contributed by atoms with Gasteiger partial charge in [0.2, 0.25) is 5.88 Å². The Kier molecular flexibility index (Phi) is 7.03. The molecule has 0 saturated heterocycles. The molecule has 2 aromatic rings. The Bertz CT molecular complexity index is 792. The lowest BCUT2D eigenvalue weighted by atomic mass is 10.3. The van der Waals surface area contributed by atoms with Gasteiger partial charge in [-0.05, 0) is 12.1 Å². The molecule has 0 spiro atoms. The molecule has 0 fully saturated rings. The van der Waals surface area contributed by atoms with Gasteiger partial charge in [0.25, 0.3) is 0 Å².